The van der Waals surface area contributed by atoms with E-state index >= 15 is 0 Å². The molecule has 1 rings (SSSR count). The van der Waals surface area contributed by atoms with E-state index in [2.05, 4.69) is 10.6 Å². The van der Waals surface area contributed by atoms with Crippen LogP contribution in [0, 0.1) is 5.82 Å². The number of rotatable bonds is 4. The average molecular weight is 259 g/mol. The average Bonchev–Trinajstić information content (AvgIpc) is 2.22. The van der Waals surface area contributed by atoms with E-state index in [1.54, 1.807) is 13.0 Å². The first-order valence-corrected chi connectivity index (χ1v) is 5.80. The lowest BCUT2D eigenvalue weighted by Gasteiger charge is -2.17. The Kier molecular flexibility index (Phi) is 4.75. The largest absolute Gasteiger partial charge is 0.374 e. The summed E-state index contributed by atoms with van der Waals surface area (Å²) in [5.41, 5.74) is 0.614. The summed E-state index contributed by atoms with van der Waals surface area (Å²) in [6.07, 6.45) is 0. The fourth-order valence-electron chi connectivity index (χ4n) is 1.31. The quantitative estimate of drug-likeness (QED) is 0.872. The topological polar surface area (TPSA) is 41.1 Å². The lowest BCUT2D eigenvalue weighted by molar-refractivity contribution is -0.122. The zero-order chi connectivity index (χ0) is 13.0. The lowest BCUT2D eigenvalue weighted by atomic mass is 10.2. The maximum absolute atomic E-state index is 12.9. The lowest BCUT2D eigenvalue weighted by Crippen LogP contribution is -2.40. The second-order valence-electron chi connectivity index (χ2n) is 4.16. The summed E-state index contributed by atoms with van der Waals surface area (Å²) >= 11 is 5.65. The second kappa shape index (κ2) is 5.87. The van der Waals surface area contributed by atoms with Crippen LogP contribution < -0.4 is 10.6 Å². The number of nitrogens with one attached hydrogen (secondary N) is 2. The van der Waals surface area contributed by atoms with Crippen LogP contribution in [0.5, 0.6) is 0 Å². The van der Waals surface area contributed by atoms with Gasteiger partial charge in [-0.2, -0.15) is 0 Å². The van der Waals surface area contributed by atoms with E-state index in [1.165, 1.54) is 12.1 Å². The van der Waals surface area contributed by atoms with E-state index in [1.807, 2.05) is 13.8 Å². The highest BCUT2D eigenvalue weighted by Gasteiger charge is 2.13. The predicted molar refractivity (Wildman–Crippen MR) is 67.8 cm³/mol. The Morgan fingerprint density at radius 1 is 1.35 bits per heavy atom. The molecule has 0 fully saturated rings. The monoisotopic (exact) mass is 258 g/mol. The minimum Gasteiger partial charge on any atom is -0.374 e. The molecule has 0 aromatic heterocycles. The Morgan fingerprint density at radius 2 is 2.00 bits per heavy atom. The van der Waals surface area contributed by atoms with Gasteiger partial charge in [-0.05, 0) is 39.0 Å². The Morgan fingerprint density at radius 3 is 2.53 bits per heavy atom. The fourth-order valence-corrected chi connectivity index (χ4v) is 1.49. The van der Waals surface area contributed by atoms with Crippen molar-refractivity contribution in [3.63, 3.8) is 0 Å². The van der Waals surface area contributed by atoms with E-state index in [0.717, 1.165) is 0 Å². The summed E-state index contributed by atoms with van der Waals surface area (Å²) < 4.78 is 12.9. The van der Waals surface area contributed by atoms with E-state index in [9.17, 15) is 9.18 Å². The molecule has 3 nitrogen and oxygen atoms in total. The van der Waals surface area contributed by atoms with Gasteiger partial charge in [0.2, 0.25) is 5.91 Å². The molecule has 0 aliphatic heterocycles. The fraction of sp³-hybridized carbons (Fsp3) is 0.417. The molecule has 0 saturated heterocycles. The van der Waals surface area contributed by atoms with Crippen LogP contribution in [0.2, 0.25) is 5.02 Å². The van der Waals surface area contributed by atoms with Crippen LogP contribution in [0.4, 0.5) is 10.1 Å². The van der Waals surface area contributed by atoms with E-state index in [4.69, 9.17) is 11.6 Å². The molecule has 1 aromatic rings. The van der Waals surface area contributed by atoms with Gasteiger partial charge in [0.15, 0.2) is 0 Å². The van der Waals surface area contributed by atoms with Gasteiger partial charge in [-0.15, -0.1) is 0 Å². The first-order chi connectivity index (χ1) is 7.90. The van der Waals surface area contributed by atoms with Crippen LogP contribution in [0.3, 0.4) is 0 Å². The van der Waals surface area contributed by atoms with Gasteiger partial charge < -0.3 is 10.6 Å². The molecule has 0 bridgehead atoms. The highest BCUT2D eigenvalue weighted by molar-refractivity contribution is 6.31. The minimum absolute atomic E-state index is 0.0338. The summed E-state index contributed by atoms with van der Waals surface area (Å²) in [6, 6.07) is 3.94. The van der Waals surface area contributed by atoms with Gasteiger partial charge in [0.25, 0.3) is 0 Å². The summed E-state index contributed by atoms with van der Waals surface area (Å²) in [5, 5.41) is 5.77. The molecule has 0 radical (unpaired) electrons. The Balaban J connectivity index is 2.64. The van der Waals surface area contributed by atoms with Crippen molar-refractivity contribution in [2.45, 2.75) is 32.9 Å². The highest BCUT2D eigenvalue weighted by atomic mass is 35.5. The molecule has 17 heavy (non-hydrogen) atoms. The summed E-state index contributed by atoms with van der Waals surface area (Å²) in [4.78, 5) is 11.6. The van der Waals surface area contributed by atoms with Gasteiger partial charge in [-0.1, -0.05) is 11.6 Å². The molecule has 0 aliphatic rings. The van der Waals surface area contributed by atoms with Crippen molar-refractivity contribution in [2.75, 3.05) is 5.32 Å². The van der Waals surface area contributed by atoms with Crippen LogP contribution in [-0.2, 0) is 4.79 Å². The molecule has 5 heteroatoms. The molecule has 0 spiro atoms. The molecule has 94 valence electrons. The number of amides is 1. The summed E-state index contributed by atoms with van der Waals surface area (Å²) in [7, 11) is 0. The van der Waals surface area contributed by atoms with Gasteiger partial charge in [0.1, 0.15) is 11.9 Å². The molecule has 0 saturated carbocycles. The van der Waals surface area contributed by atoms with Gasteiger partial charge in [-0.3, -0.25) is 4.79 Å². The SMILES string of the molecule is CC(C)NC(=O)C(C)Nc1ccc(F)c(Cl)c1. The third-order valence-electron chi connectivity index (χ3n) is 2.13. The number of hydrogen-bond donors (Lipinski definition) is 2. The second-order valence-corrected chi connectivity index (χ2v) is 4.57. The van der Waals surface area contributed by atoms with Crippen molar-refractivity contribution < 1.29 is 9.18 Å². The molecular weight excluding hydrogens is 243 g/mol. The highest BCUT2D eigenvalue weighted by Crippen LogP contribution is 2.19. The van der Waals surface area contributed by atoms with Crippen LogP contribution in [0.25, 0.3) is 0 Å². The van der Waals surface area contributed by atoms with Crippen molar-refractivity contribution in [1.29, 1.82) is 0 Å². The number of hydrogen-bond acceptors (Lipinski definition) is 2. The first-order valence-electron chi connectivity index (χ1n) is 5.42. The Labute approximate surface area is 105 Å². The van der Waals surface area contributed by atoms with E-state index < -0.39 is 11.9 Å². The zero-order valence-corrected chi connectivity index (χ0v) is 10.8. The summed E-state index contributed by atoms with van der Waals surface area (Å²) in [6.45, 7) is 5.51. The van der Waals surface area contributed by atoms with E-state index in [-0.39, 0.29) is 17.0 Å². The summed E-state index contributed by atoms with van der Waals surface area (Å²) in [5.74, 6) is -0.586. The molecule has 2 N–H and O–H groups in total. The molecule has 1 unspecified atom stereocenters. The minimum atomic E-state index is -0.475. The molecule has 1 atom stereocenters. The third-order valence-corrected chi connectivity index (χ3v) is 2.42. The predicted octanol–water partition coefficient (Wildman–Crippen LogP) is 2.80. The number of anilines is 1. The van der Waals surface area contributed by atoms with Crippen LogP contribution in [-0.4, -0.2) is 18.0 Å². The molecule has 0 aliphatic carbocycles. The van der Waals surface area contributed by atoms with Crippen molar-refractivity contribution in [3.05, 3.63) is 29.0 Å². The maximum Gasteiger partial charge on any atom is 0.242 e. The number of carbonyl (C=O) groups is 1. The Hall–Kier alpha value is -1.29. The normalized spacial score (nSPS) is 12.4. The van der Waals surface area contributed by atoms with Crippen LogP contribution >= 0.6 is 11.6 Å². The molecule has 1 aromatic carbocycles. The van der Waals surface area contributed by atoms with Crippen molar-refractivity contribution in [1.82, 2.24) is 5.32 Å². The molecule has 1 amide bonds. The molecule has 0 heterocycles. The van der Waals surface area contributed by atoms with Crippen molar-refractivity contribution >= 4 is 23.2 Å². The van der Waals surface area contributed by atoms with Gasteiger partial charge in [0, 0.05) is 11.7 Å². The first kappa shape index (κ1) is 13.8. The zero-order valence-electron chi connectivity index (χ0n) is 10.1. The Bertz CT molecular complexity index is 409. The van der Waals surface area contributed by atoms with Gasteiger partial charge >= 0.3 is 0 Å². The van der Waals surface area contributed by atoms with Gasteiger partial charge in [0.05, 0.1) is 5.02 Å². The number of halogens is 2. The molecular formula is C12H16ClFN2O. The van der Waals surface area contributed by atoms with Crippen LogP contribution in [0.15, 0.2) is 18.2 Å². The van der Waals surface area contributed by atoms with Crippen LogP contribution in [0.1, 0.15) is 20.8 Å². The van der Waals surface area contributed by atoms with Gasteiger partial charge in [-0.25, -0.2) is 4.39 Å². The van der Waals surface area contributed by atoms with E-state index in [0.29, 0.717) is 5.69 Å². The maximum atomic E-state index is 12.9. The van der Waals surface area contributed by atoms with Crippen molar-refractivity contribution in [2.24, 2.45) is 0 Å². The van der Waals surface area contributed by atoms with Crippen molar-refractivity contribution in [3.8, 4) is 0 Å². The number of benzene rings is 1. The standard InChI is InChI=1S/C12H16ClFN2O/c1-7(2)15-12(17)8(3)16-9-4-5-11(14)10(13)6-9/h4-8,16H,1-3H3,(H,15,17). The third kappa shape index (κ3) is 4.23. The number of carbonyl (C=O) groups excluding carboxylic acids is 1. The smallest absolute Gasteiger partial charge is 0.242 e.